The Morgan fingerprint density at radius 1 is 1.10 bits per heavy atom. The zero-order valence-electron chi connectivity index (χ0n) is 16.6. The summed E-state index contributed by atoms with van der Waals surface area (Å²) in [7, 11) is 1.60. The summed E-state index contributed by atoms with van der Waals surface area (Å²) < 4.78 is 5.15. The van der Waals surface area contributed by atoms with Gasteiger partial charge in [0, 0.05) is 31.0 Å². The van der Waals surface area contributed by atoms with Crippen LogP contribution in [0.3, 0.4) is 0 Å². The third kappa shape index (κ3) is 5.44. The van der Waals surface area contributed by atoms with Gasteiger partial charge in [0.25, 0.3) is 5.91 Å². The average Bonchev–Trinajstić information content (AvgIpc) is 2.72. The molecule has 1 aromatic heterocycles. The minimum Gasteiger partial charge on any atom is -0.497 e. The van der Waals surface area contributed by atoms with Gasteiger partial charge >= 0.3 is 0 Å². The van der Waals surface area contributed by atoms with Crippen molar-refractivity contribution in [3.8, 4) is 5.75 Å². The van der Waals surface area contributed by atoms with Crippen LogP contribution < -0.4 is 26.4 Å². The molecule has 9 nitrogen and oxygen atoms in total. The predicted octanol–water partition coefficient (Wildman–Crippen LogP) is 2.90. The van der Waals surface area contributed by atoms with Gasteiger partial charge < -0.3 is 26.4 Å². The second kappa shape index (κ2) is 9.37. The number of hydrogen-bond donors (Lipinski definition) is 4. The van der Waals surface area contributed by atoms with Crippen LogP contribution in [0, 0.1) is 0 Å². The molecule has 154 valence electrons. The Morgan fingerprint density at radius 3 is 2.50 bits per heavy atom. The van der Waals surface area contributed by atoms with Crippen LogP contribution >= 0.6 is 0 Å². The quantitative estimate of drug-likeness (QED) is 0.452. The Kier molecular flexibility index (Phi) is 6.43. The Morgan fingerprint density at radius 2 is 1.83 bits per heavy atom. The summed E-state index contributed by atoms with van der Waals surface area (Å²) in [5.41, 5.74) is 7.92. The molecule has 9 heteroatoms. The number of ether oxygens (including phenoxy) is 1. The fourth-order valence-corrected chi connectivity index (χ4v) is 2.69. The van der Waals surface area contributed by atoms with Crippen molar-refractivity contribution in [3.05, 3.63) is 65.9 Å². The van der Waals surface area contributed by atoms with Crippen molar-refractivity contribution in [2.45, 2.75) is 13.5 Å². The van der Waals surface area contributed by atoms with E-state index >= 15 is 0 Å². The predicted molar refractivity (Wildman–Crippen MR) is 115 cm³/mol. The summed E-state index contributed by atoms with van der Waals surface area (Å²) in [5, 5.41) is 8.89. The molecular weight excluding hydrogens is 384 g/mol. The van der Waals surface area contributed by atoms with E-state index in [4.69, 9.17) is 10.5 Å². The summed E-state index contributed by atoms with van der Waals surface area (Å²) in [6, 6.07) is 14.6. The van der Waals surface area contributed by atoms with Crippen LogP contribution in [0.4, 0.5) is 23.1 Å². The van der Waals surface area contributed by atoms with E-state index in [0.29, 0.717) is 23.7 Å². The maximum absolute atomic E-state index is 11.8. The first-order valence-corrected chi connectivity index (χ1v) is 9.13. The summed E-state index contributed by atoms with van der Waals surface area (Å²) >= 11 is 0. The molecular formula is C21H22N6O3. The Hall–Kier alpha value is -4.14. The normalized spacial score (nSPS) is 10.2. The zero-order chi connectivity index (χ0) is 21.5. The van der Waals surface area contributed by atoms with E-state index in [-0.39, 0.29) is 17.4 Å². The Bertz CT molecular complexity index is 1050. The van der Waals surface area contributed by atoms with Crippen LogP contribution in [0.1, 0.15) is 22.8 Å². The SMILES string of the molecule is COc1ccc(CNc2nc(Nc3cccc(NC(C)=O)c3)ncc2C(N)=O)cc1. The number of hydrogen-bond acceptors (Lipinski definition) is 7. The zero-order valence-corrected chi connectivity index (χ0v) is 16.6. The monoisotopic (exact) mass is 406 g/mol. The van der Waals surface area contributed by atoms with E-state index in [2.05, 4.69) is 25.9 Å². The molecule has 0 fully saturated rings. The van der Waals surface area contributed by atoms with Gasteiger partial charge in [0.15, 0.2) is 0 Å². The van der Waals surface area contributed by atoms with Crippen molar-refractivity contribution in [1.82, 2.24) is 9.97 Å². The number of benzene rings is 2. The van der Waals surface area contributed by atoms with Crippen LogP contribution in [0.15, 0.2) is 54.7 Å². The van der Waals surface area contributed by atoms with Gasteiger partial charge in [0.05, 0.1) is 12.7 Å². The fraction of sp³-hybridized carbons (Fsp3) is 0.143. The second-order valence-electron chi connectivity index (χ2n) is 6.41. The minimum absolute atomic E-state index is 0.167. The first-order chi connectivity index (χ1) is 14.4. The summed E-state index contributed by atoms with van der Waals surface area (Å²) in [6.45, 7) is 1.87. The smallest absolute Gasteiger partial charge is 0.254 e. The molecule has 0 unspecified atom stereocenters. The maximum Gasteiger partial charge on any atom is 0.254 e. The molecule has 3 rings (SSSR count). The maximum atomic E-state index is 11.8. The van der Waals surface area contributed by atoms with Gasteiger partial charge in [-0.05, 0) is 35.9 Å². The van der Waals surface area contributed by atoms with E-state index < -0.39 is 5.91 Å². The van der Waals surface area contributed by atoms with Gasteiger partial charge in [-0.3, -0.25) is 9.59 Å². The van der Waals surface area contributed by atoms with Crippen molar-refractivity contribution in [2.24, 2.45) is 5.73 Å². The molecule has 1 heterocycles. The number of carbonyl (C=O) groups excluding carboxylic acids is 2. The molecule has 3 aromatic rings. The first kappa shape index (κ1) is 20.6. The van der Waals surface area contributed by atoms with Crippen LogP contribution in [0.25, 0.3) is 0 Å². The third-order valence-corrected chi connectivity index (χ3v) is 4.11. The highest BCUT2D eigenvalue weighted by molar-refractivity contribution is 5.97. The van der Waals surface area contributed by atoms with Gasteiger partial charge in [-0.25, -0.2) is 4.98 Å². The van der Waals surface area contributed by atoms with Gasteiger partial charge in [-0.2, -0.15) is 4.98 Å². The summed E-state index contributed by atoms with van der Waals surface area (Å²) in [5.74, 6) is 0.545. The molecule has 5 N–H and O–H groups in total. The molecule has 0 atom stereocenters. The molecule has 0 aliphatic heterocycles. The lowest BCUT2D eigenvalue weighted by Crippen LogP contribution is -2.17. The number of rotatable bonds is 8. The number of amides is 2. The van der Waals surface area contributed by atoms with Crippen molar-refractivity contribution in [3.63, 3.8) is 0 Å². The van der Waals surface area contributed by atoms with E-state index in [1.807, 2.05) is 24.3 Å². The lowest BCUT2D eigenvalue weighted by Gasteiger charge is -2.12. The number of carbonyl (C=O) groups is 2. The van der Waals surface area contributed by atoms with Crippen LogP contribution in [-0.2, 0) is 11.3 Å². The van der Waals surface area contributed by atoms with Crippen LogP contribution in [-0.4, -0.2) is 28.9 Å². The standard InChI is InChI=1S/C21H22N6O3/c1-13(28)25-15-4-3-5-16(10-15)26-21-24-12-18(19(22)29)20(27-21)23-11-14-6-8-17(30-2)9-7-14/h3-10,12H,11H2,1-2H3,(H2,22,29)(H,25,28)(H2,23,24,26,27). The van der Waals surface area contributed by atoms with Crippen molar-refractivity contribution >= 4 is 35.0 Å². The minimum atomic E-state index is -0.633. The van der Waals surface area contributed by atoms with E-state index in [1.54, 1.807) is 31.4 Å². The van der Waals surface area contributed by atoms with Gasteiger partial charge in [-0.1, -0.05) is 18.2 Å². The van der Waals surface area contributed by atoms with E-state index in [9.17, 15) is 9.59 Å². The second-order valence-corrected chi connectivity index (χ2v) is 6.41. The molecule has 0 saturated heterocycles. The van der Waals surface area contributed by atoms with E-state index in [0.717, 1.165) is 11.3 Å². The Balaban J connectivity index is 1.78. The highest BCUT2D eigenvalue weighted by Gasteiger charge is 2.12. The molecule has 0 radical (unpaired) electrons. The summed E-state index contributed by atoms with van der Waals surface area (Å²) in [4.78, 5) is 31.5. The van der Waals surface area contributed by atoms with Crippen molar-refractivity contribution in [2.75, 3.05) is 23.1 Å². The molecule has 0 saturated carbocycles. The van der Waals surface area contributed by atoms with Crippen LogP contribution in [0.5, 0.6) is 5.75 Å². The van der Waals surface area contributed by atoms with Gasteiger partial charge in [0.2, 0.25) is 11.9 Å². The third-order valence-electron chi connectivity index (χ3n) is 4.11. The number of methoxy groups -OCH3 is 1. The lowest BCUT2D eigenvalue weighted by atomic mass is 10.2. The number of aromatic nitrogens is 2. The first-order valence-electron chi connectivity index (χ1n) is 9.13. The number of nitrogens with zero attached hydrogens (tertiary/aromatic N) is 2. The largest absolute Gasteiger partial charge is 0.497 e. The van der Waals surface area contributed by atoms with Crippen LogP contribution in [0.2, 0.25) is 0 Å². The molecule has 0 spiro atoms. The number of primary amides is 1. The number of nitrogens with two attached hydrogens (primary N) is 1. The topological polar surface area (TPSA) is 131 Å². The van der Waals surface area contributed by atoms with Crippen molar-refractivity contribution < 1.29 is 14.3 Å². The lowest BCUT2D eigenvalue weighted by molar-refractivity contribution is -0.114. The summed E-state index contributed by atoms with van der Waals surface area (Å²) in [6.07, 6.45) is 1.37. The molecule has 0 aliphatic carbocycles. The fourth-order valence-electron chi connectivity index (χ4n) is 2.69. The molecule has 2 amide bonds. The Labute approximate surface area is 173 Å². The highest BCUT2D eigenvalue weighted by Crippen LogP contribution is 2.21. The molecule has 30 heavy (non-hydrogen) atoms. The number of anilines is 4. The molecule has 0 aliphatic rings. The van der Waals surface area contributed by atoms with Gasteiger partial charge in [0.1, 0.15) is 11.6 Å². The average molecular weight is 406 g/mol. The van der Waals surface area contributed by atoms with E-state index in [1.165, 1.54) is 13.1 Å². The molecule has 0 bridgehead atoms. The van der Waals surface area contributed by atoms with Gasteiger partial charge in [-0.15, -0.1) is 0 Å². The number of nitrogens with one attached hydrogen (secondary N) is 3. The molecule has 2 aromatic carbocycles. The van der Waals surface area contributed by atoms with Crippen molar-refractivity contribution in [1.29, 1.82) is 0 Å². The highest BCUT2D eigenvalue weighted by atomic mass is 16.5.